The fraction of sp³-hybridized carbons (Fsp3) is 0.300. The first kappa shape index (κ1) is 9.46. The minimum absolute atomic E-state index is 1.02. The maximum absolute atomic E-state index is 4.28. The van der Waals surface area contributed by atoms with E-state index in [-0.39, 0.29) is 0 Å². The minimum Gasteiger partial charge on any atom is -0.255 e. The molecule has 0 aliphatic rings. The zero-order chi connectivity index (χ0) is 8.97. The van der Waals surface area contributed by atoms with Crippen molar-refractivity contribution in [1.29, 1.82) is 0 Å². The van der Waals surface area contributed by atoms with Gasteiger partial charge in [-0.1, -0.05) is 19.1 Å². The highest BCUT2D eigenvalue weighted by molar-refractivity contribution is 9.15. The van der Waals surface area contributed by atoms with E-state index in [1.807, 2.05) is 12.3 Å². The van der Waals surface area contributed by atoms with Crippen molar-refractivity contribution in [3.63, 3.8) is 0 Å². The van der Waals surface area contributed by atoms with E-state index in [1.165, 1.54) is 5.56 Å². The molecule has 0 bridgehead atoms. The van der Waals surface area contributed by atoms with Crippen molar-refractivity contribution in [2.45, 2.75) is 20.3 Å². The first-order chi connectivity index (χ1) is 5.75. The molecule has 0 aromatic carbocycles. The summed E-state index contributed by atoms with van der Waals surface area (Å²) in [6.45, 7) is 4.17. The summed E-state index contributed by atoms with van der Waals surface area (Å²) >= 11 is 3.50. The summed E-state index contributed by atoms with van der Waals surface area (Å²) in [5.74, 6) is 0. The van der Waals surface area contributed by atoms with E-state index < -0.39 is 0 Å². The molecular formula is C10H12BrN. The van der Waals surface area contributed by atoms with Gasteiger partial charge in [0.05, 0.1) is 5.69 Å². The third kappa shape index (κ3) is 2.18. The van der Waals surface area contributed by atoms with Gasteiger partial charge in [-0.25, -0.2) is 0 Å². The molecule has 0 aliphatic carbocycles. The molecule has 1 nitrogen and oxygen atoms in total. The van der Waals surface area contributed by atoms with Crippen LogP contribution in [0.1, 0.15) is 24.6 Å². The lowest BCUT2D eigenvalue weighted by atomic mass is 10.2. The number of rotatable bonds is 2. The van der Waals surface area contributed by atoms with Crippen LogP contribution >= 0.6 is 15.9 Å². The molecule has 12 heavy (non-hydrogen) atoms. The van der Waals surface area contributed by atoms with E-state index >= 15 is 0 Å². The summed E-state index contributed by atoms with van der Waals surface area (Å²) in [7, 11) is 0. The second kappa shape index (κ2) is 4.41. The number of allylic oxidation sites excluding steroid dienone is 1. The van der Waals surface area contributed by atoms with Crippen LogP contribution < -0.4 is 0 Å². The van der Waals surface area contributed by atoms with Crippen molar-refractivity contribution in [2.24, 2.45) is 0 Å². The molecule has 1 aromatic heterocycles. The van der Waals surface area contributed by atoms with Crippen LogP contribution in [0.2, 0.25) is 0 Å². The van der Waals surface area contributed by atoms with E-state index in [0.717, 1.165) is 16.6 Å². The Balaban J connectivity index is 3.02. The second-order valence-corrected chi connectivity index (χ2v) is 3.48. The van der Waals surface area contributed by atoms with Crippen molar-refractivity contribution in [1.82, 2.24) is 4.98 Å². The molecule has 2 heteroatoms. The van der Waals surface area contributed by atoms with Gasteiger partial charge in [-0.2, -0.15) is 0 Å². The molecule has 1 aromatic rings. The topological polar surface area (TPSA) is 12.9 Å². The smallest absolute Gasteiger partial charge is 0.0797 e. The Morgan fingerprint density at radius 1 is 1.67 bits per heavy atom. The quantitative estimate of drug-likeness (QED) is 0.751. The lowest BCUT2D eigenvalue weighted by Crippen LogP contribution is -1.87. The summed E-state index contributed by atoms with van der Waals surface area (Å²) in [6.07, 6.45) is 4.96. The molecule has 0 amide bonds. The van der Waals surface area contributed by atoms with Crippen LogP contribution in [0.25, 0.3) is 4.48 Å². The fourth-order valence-corrected chi connectivity index (χ4v) is 1.75. The second-order valence-electron chi connectivity index (χ2n) is 2.63. The molecule has 0 aliphatic heterocycles. The molecule has 0 radical (unpaired) electrons. The van der Waals surface area contributed by atoms with Gasteiger partial charge in [-0.05, 0) is 40.9 Å². The maximum Gasteiger partial charge on any atom is 0.0797 e. The van der Waals surface area contributed by atoms with E-state index in [9.17, 15) is 0 Å². The monoisotopic (exact) mass is 225 g/mol. The van der Waals surface area contributed by atoms with E-state index in [0.29, 0.717) is 0 Å². The molecule has 0 fully saturated rings. The summed E-state index contributed by atoms with van der Waals surface area (Å²) in [4.78, 5) is 4.28. The van der Waals surface area contributed by atoms with Gasteiger partial charge in [-0.15, -0.1) is 0 Å². The van der Waals surface area contributed by atoms with Crippen LogP contribution in [-0.2, 0) is 0 Å². The third-order valence-electron chi connectivity index (χ3n) is 1.62. The molecule has 0 unspecified atom stereocenters. The third-order valence-corrected chi connectivity index (χ3v) is 2.32. The number of aromatic nitrogens is 1. The minimum atomic E-state index is 1.02. The van der Waals surface area contributed by atoms with Gasteiger partial charge >= 0.3 is 0 Å². The highest BCUT2D eigenvalue weighted by atomic mass is 79.9. The van der Waals surface area contributed by atoms with Crippen LogP contribution in [0, 0.1) is 6.92 Å². The number of pyridine rings is 1. The Bertz CT molecular complexity index is 292. The number of hydrogen-bond acceptors (Lipinski definition) is 1. The van der Waals surface area contributed by atoms with E-state index in [2.05, 4.69) is 46.9 Å². The van der Waals surface area contributed by atoms with E-state index in [1.54, 1.807) is 0 Å². The Morgan fingerprint density at radius 3 is 3.00 bits per heavy atom. The van der Waals surface area contributed by atoms with Gasteiger partial charge in [0.25, 0.3) is 0 Å². The van der Waals surface area contributed by atoms with Crippen LogP contribution in [0.5, 0.6) is 0 Å². The number of halogens is 1. The van der Waals surface area contributed by atoms with Crippen molar-refractivity contribution >= 4 is 20.4 Å². The average Bonchev–Trinajstić information content (AvgIpc) is 2.05. The van der Waals surface area contributed by atoms with Crippen molar-refractivity contribution in [3.8, 4) is 0 Å². The summed E-state index contributed by atoms with van der Waals surface area (Å²) in [6, 6.07) is 4.01. The van der Waals surface area contributed by atoms with Gasteiger partial charge in [0, 0.05) is 10.7 Å². The van der Waals surface area contributed by atoms with Crippen LogP contribution in [-0.4, -0.2) is 4.98 Å². The predicted octanol–water partition coefficient (Wildman–Crippen LogP) is 3.54. The van der Waals surface area contributed by atoms with Crippen molar-refractivity contribution in [2.75, 3.05) is 0 Å². The Kier molecular flexibility index (Phi) is 3.48. The zero-order valence-electron chi connectivity index (χ0n) is 7.34. The Labute approximate surface area is 81.7 Å². The highest BCUT2D eigenvalue weighted by Crippen LogP contribution is 2.21. The van der Waals surface area contributed by atoms with Crippen LogP contribution in [0.15, 0.2) is 24.4 Å². The number of aryl methyl sites for hydroxylation is 1. The molecule has 64 valence electrons. The Morgan fingerprint density at radius 2 is 2.42 bits per heavy atom. The Hall–Kier alpha value is -0.630. The number of nitrogens with zero attached hydrogens (tertiary/aromatic N) is 1. The SMILES string of the molecule is CC/C=C(/Br)c1ncccc1C. The molecule has 1 rings (SSSR count). The first-order valence-electron chi connectivity index (χ1n) is 4.03. The van der Waals surface area contributed by atoms with Gasteiger partial charge in [0.2, 0.25) is 0 Å². The zero-order valence-corrected chi connectivity index (χ0v) is 8.93. The molecule has 1 heterocycles. The average molecular weight is 226 g/mol. The molecule has 0 spiro atoms. The molecule has 0 N–H and O–H groups in total. The van der Waals surface area contributed by atoms with Crippen LogP contribution in [0.4, 0.5) is 0 Å². The van der Waals surface area contributed by atoms with E-state index in [4.69, 9.17) is 0 Å². The normalized spacial score (nSPS) is 11.8. The summed E-state index contributed by atoms with van der Waals surface area (Å²) < 4.78 is 1.09. The van der Waals surface area contributed by atoms with Gasteiger partial charge < -0.3 is 0 Å². The van der Waals surface area contributed by atoms with Gasteiger partial charge in [-0.3, -0.25) is 4.98 Å². The van der Waals surface area contributed by atoms with Crippen molar-refractivity contribution < 1.29 is 0 Å². The summed E-state index contributed by atoms with van der Waals surface area (Å²) in [5, 5.41) is 0. The highest BCUT2D eigenvalue weighted by Gasteiger charge is 2.00. The fourth-order valence-electron chi connectivity index (χ4n) is 1.01. The first-order valence-corrected chi connectivity index (χ1v) is 4.82. The van der Waals surface area contributed by atoms with Crippen LogP contribution in [0.3, 0.4) is 0 Å². The maximum atomic E-state index is 4.28. The predicted molar refractivity (Wildman–Crippen MR) is 56.2 cm³/mol. The van der Waals surface area contributed by atoms with Crippen molar-refractivity contribution in [3.05, 3.63) is 35.7 Å². The van der Waals surface area contributed by atoms with Gasteiger partial charge in [0.1, 0.15) is 0 Å². The van der Waals surface area contributed by atoms with Gasteiger partial charge in [0.15, 0.2) is 0 Å². The lowest BCUT2D eigenvalue weighted by molar-refractivity contribution is 1.20. The molecular weight excluding hydrogens is 214 g/mol. The summed E-state index contributed by atoms with van der Waals surface area (Å²) in [5.41, 5.74) is 2.24. The molecule has 0 atom stereocenters. The molecule has 0 saturated carbocycles. The standard InChI is InChI=1S/C10H12BrN/c1-3-5-9(11)10-8(2)6-4-7-12-10/h4-7H,3H2,1-2H3/b9-5+. The molecule has 0 saturated heterocycles. The largest absolute Gasteiger partial charge is 0.255 e. The lowest BCUT2D eigenvalue weighted by Gasteiger charge is -2.01. The number of hydrogen-bond donors (Lipinski definition) is 0.